The van der Waals surface area contributed by atoms with Gasteiger partial charge >= 0.3 is 5.97 Å². The van der Waals surface area contributed by atoms with Gasteiger partial charge in [-0.15, -0.1) is 12.4 Å². The van der Waals surface area contributed by atoms with Crippen molar-refractivity contribution in [3.05, 3.63) is 46.3 Å². The Bertz CT molecular complexity index is 407. The van der Waals surface area contributed by atoms with Gasteiger partial charge in [-0.1, -0.05) is 35.4 Å². The van der Waals surface area contributed by atoms with E-state index in [0.29, 0.717) is 0 Å². The third kappa shape index (κ3) is 6.75. The summed E-state index contributed by atoms with van der Waals surface area (Å²) in [5.41, 5.74) is 14.6. The Kier molecular flexibility index (Phi) is 8.39. The van der Waals surface area contributed by atoms with E-state index in [1.807, 2.05) is 30.3 Å². The number of halogens is 1. The molecule has 0 fully saturated rings. The van der Waals surface area contributed by atoms with Gasteiger partial charge < -0.3 is 10.5 Å². The largest absolute Gasteiger partial charge is 0.461 e. The lowest BCUT2D eigenvalue weighted by molar-refractivity contribution is -0.145. The van der Waals surface area contributed by atoms with Crippen LogP contribution in [0.25, 0.3) is 10.4 Å². The smallest absolute Gasteiger partial charge is 0.307 e. The molecule has 1 aromatic rings. The number of benzene rings is 1. The summed E-state index contributed by atoms with van der Waals surface area (Å²) < 4.78 is 5.02. The molecule has 0 bridgehead atoms. The van der Waals surface area contributed by atoms with Crippen LogP contribution in [0.2, 0.25) is 0 Å². The second-order valence-electron chi connectivity index (χ2n) is 3.52. The highest BCUT2D eigenvalue weighted by Crippen LogP contribution is 2.02. The molecule has 0 aromatic heterocycles. The van der Waals surface area contributed by atoms with Crippen molar-refractivity contribution in [1.82, 2.24) is 0 Å². The van der Waals surface area contributed by atoms with Gasteiger partial charge in [0.2, 0.25) is 0 Å². The summed E-state index contributed by atoms with van der Waals surface area (Å²) in [5, 5.41) is 3.29. The first-order valence-electron chi connectivity index (χ1n) is 5.18. The minimum Gasteiger partial charge on any atom is -0.461 e. The number of esters is 1. The monoisotopic (exact) mass is 270 g/mol. The molecule has 0 saturated carbocycles. The summed E-state index contributed by atoms with van der Waals surface area (Å²) in [4.78, 5) is 13.9. The maximum atomic E-state index is 11.4. The first-order chi connectivity index (χ1) is 8.22. The molecule has 6 nitrogen and oxygen atoms in total. The zero-order valence-electron chi connectivity index (χ0n) is 9.73. The topological polar surface area (TPSA) is 101 Å². The van der Waals surface area contributed by atoms with Crippen LogP contribution in [-0.2, 0) is 16.1 Å². The van der Waals surface area contributed by atoms with Crippen LogP contribution in [0, 0.1) is 0 Å². The highest BCUT2D eigenvalue weighted by atomic mass is 35.5. The van der Waals surface area contributed by atoms with Crippen LogP contribution < -0.4 is 5.73 Å². The van der Waals surface area contributed by atoms with E-state index < -0.39 is 12.0 Å². The summed E-state index contributed by atoms with van der Waals surface area (Å²) in [5.74, 6) is -0.394. The molecule has 18 heavy (non-hydrogen) atoms. The Morgan fingerprint density at radius 2 is 2.11 bits per heavy atom. The number of hydrogen-bond acceptors (Lipinski definition) is 4. The SMILES string of the molecule is Cl.[N-]=[N+]=NCC(N)CC(=O)OCc1ccccc1. The third-order valence-corrected chi connectivity index (χ3v) is 2.05. The van der Waals surface area contributed by atoms with Crippen LogP contribution in [0.15, 0.2) is 35.4 Å². The molecule has 1 atom stereocenters. The molecule has 98 valence electrons. The van der Waals surface area contributed by atoms with E-state index in [4.69, 9.17) is 16.0 Å². The van der Waals surface area contributed by atoms with Crippen LogP contribution in [0.4, 0.5) is 0 Å². The van der Waals surface area contributed by atoms with Gasteiger partial charge in [-0.05, 0) is 11.1 Å². The van der Waals surface area contributed by atoms with Gasteiger partial charge in [0.25, 0.3) is 0 Å². The van der Waals surface area contributed by atoms with Gasteiger partial charge in [-0.2, -0.15) is 0 Å². The Hall–Kier alpha value is -1.75. The molecule has 0 aliphatic rings. The highest BCUT2D eigenvalue weighted by Gasteiger charge is 2.09. The van der Waals surface area contributed by atoms with Gasteiger partial charge in [0.15, 0.2) is 0 Å². The zero-order valence-corrected chi connectivity index (χ0v) is 10.5. The standard InChI is InChI=1S/C11H14N4O2.ClH/c12-10(7-14-15-13)6-11(16)17-8-9-4-2-1-3-5-9;/h1-5,10H,6-8,12H2;1H. The molecular formula is C11H15ClN4O2. The number of nitrogens with two attached hydrogens (primary N) is 1. The average molecular weight is 271 g/mol. The maximum absolute atomic E-state index is 11.4. The number of rotatable bonds is 6. The summed E-state index contributed by atoms with van der Waals surface area (Å²) in [6, 6.07) is 8.88. The van der Waals surface area contributed by atoms with Gasteiger partial charge in [0, 0.05) is 17.5 Å². The van der Waals surface area contributed by atoms with Crippen molar-refractivity contribution in [2.24, 2.45) is 10.8 Å². The Morgan fingerprint density at radius 3 is 2.72 bits per heavy atom. The number of hydrogen-bond donors (Lipinski definition) is 1. The molecule has 0 aliphatic heterocycles. The van der Waals surface area contributed by atoms with Gasteiger partial charge in [0.05, 0.1) is 6.42 Å². The second kappa shape index (κ2) is 9.30. The molecule has 1 unspecified atom stereocenters. The molecule has 1 aromatic carbocycles. The van der Waals surface area contributed by atoms with E-state index in [0.717, 1.165) is 5.56 Å². The fourth-order valence-electron chi connectivity index (χ4n) is 1.22. The first-order valence-corrected chi connectivity index (χ1v) is 5.18. The van der Waals surface area contributed by atoms with Gasteiger partial charge in [0.1, 0.15) is 6.61 Å². The van der Waals surface area contributed by atoms with Crippen molar-refractivity contribution in [2.75, 3.05) is 6.54 Å². The number of carbonyl (C=O) groups excluding carboxylic acids is 1. The minimum atomic E-state index is -0.492. The molecule has 0 saturated heterocycles. The molecular weight excluding hydrogens is 256 g/mol. The summed E-state index contributed by atoms with van der Waals surface area (Å²) >= 11 is 0. The van der Waals surface area contributed by atoms with Crippen molar-refractivity contribution < 1.29 is 9.53 Å². The van der Waals surface area contributed by atoms with Crippen molar-refractivity contribution in [3.8, 4) is 0 Å². The Morgan fingerprint density at radius 1 is 1.44 bits per heavy atom. The van der Waals surface area contributed by atoms with E-state index in [1.165, 1.54) is 0 Å². The fourth-order valence-corrected chi connectivity index (χ4v) is 1.22. The molecule has 0 heterocycles. The zero-order chi connectivity index (χ0) is 12.5. The lowest BCUT2D eigenvalue weighted by Crippen LogP contribution is -2.27. The van der Waals surface area contributed by atoms with Crippen LogP contribution in [0.3, 0.4) is 0 Å². The van der Waals surface area contributed by atoms with Crippen molar-refractivity contribution in [1.29, 1.82) is 0 Å². The van der Waals surface area contributed by atoms with Crippen molar-refractivity contribution in [3.63, 3.8) is 0 Å². The highest BCUT2D eigenvalue weighted by molar-refractivity contribution is 5.85. The summed E-state index contributed by atoms with van der Waals surface area (Å²) in [6.07, 6.45) is 0.0475. The van der Waals surface area contributed by atoms with Crippen molar-refractivity contribution >= 4 is 18.4 Å². The third-order valence-electron chi connectivity index (χ3n) is 2.05. The van der Waals surface area contributed by atoms with Crippen molar-refractivity contribution in [2.45, 2.75) is 19.1 Å². The van der Waals surface area contributed by atoms with E-state index in [1.54, 1.807) is 0 Å². The summed E-state index contributed by atoms with van der Waals surface area (Å²) in [6.45, 7) is 0.324. The normalized spacial score (nSPS) is 10.7. The number of carbonyl (C=O) groups is 1. The summed E-state index contributed by atoms with van der Waals surface area (Å²) in [7, 11) is 0. The lowest BCUT2D eigenvalue weighted by atomic mass is 10.2. The number of ether oxygens (including phenoxy) is 1. The molecule has 0 radical (unpaired) electrons. The van der Waals surface area contributed by atoms with E-state index in [2.05, 4.69) is 10.0 Å². The molecule has 7 heteroatoms. The second-order valence-corrected chi connectivity index (χ2v) is 3.52. The van der Waals surface area contributed by atoms with E-state index in [9.17, 15) is 4.79 Å². The van der Waals surface area contributed by atoms with Gasteiger partial charge in [-0.3, -0.25) is 4.79 Å². The van der Waals surface area contributed by atoms with E-state index >= 15 is 0 Å². The van der Waals surface area contributed by atoms with Gasteiger partial charge in [-0.25, -0.2) is 0 Å². The number of nitrogens with zero attached hydrogens (tertiary/aromatic N) is 3. The van der Waals surface area contributed by atoms with Crippen LogP contribution >= 0.6 is 12.4 Å². The number of azide groups is 1. The lowest BCUT2D eigenvalue weighted by Gasteiger charge is -2.08. The first kappa shape index (κ1) is 16.2. The quantitative estimate of drug-likeness (QED) is 0.371. The van der Waals surface area contributed by atoms with Crippen LogP contribution in [0.5, 0.6) is 0 Å². The minimum absolute atomic E-state index is 0. The molecule has 0 spiro atoms. The molecule has 0 aliphatic carbocycles. The van der Waals surface area contributed by atoms with Crippen LogP contribution in [0.1, 0.15) is 12.0 Å². The Labute approximate surface area is 111 Å². The molecule has 2 N–H and O–H groups in total. The van der Waals surface area contributed by atoms with Crippen LogP contribution in [-0.4, -0.2) is 18.6 Å². The predicted molar refractivity (Wildman–Crippen MR) is 70.1 cm³/mol. The maximum Gasteiger partial charge on any atom is 0.307 e. The molecule has 1 rings (SSSR count). The van der Waals surface area contributed by atoms with E-state index in [-0.39, 0.29) is 32.0 Å². The Balaban J connectivity index is 0.00000289. The average Bonchev–Trinajstić information content (AvgIpc) is 2.35. The predicted octanol–water partition coefficient (Wildman–Crippen LogP) is 2.18. The molecule has 0 amide bonds. The fraction of sp³-hybridized carbons (Fsp3) is 0.364.